The van der Waals surface area contributed by atoms with Crippen LogP contribution in [0.1, 0.15) is 13.3 Å². The number of fused-ring (bicyclic) bond motifs is 1. The van der Waals surface area contributed by atoms with E-state index in [1.165, 1.54) is 16.7 Å². The molecule has 2 aliphatic heterocycles. The van der Waals surface area contributed by atoms with Crippen molar-refractivity contribution in [1.82, 2.24) is 4.90 Å². The summed E-state index contributed by atoms with van der Waals surface area (Å²) in [5.74, 6) is -1.24. The van der Waals surface area contributed by atoms with Gasteiger partial charge in [-0.2, -0.15) is 0 Å². The molecule has 2 heterocycles. The van der Waals surface area contributed by atoms with Gasteiger partial charge in [0.2, 0.25) is 5.91 Å². The van der Waals surface area contributed by atoms with Gasteiger partial charge in [-0.05, 0) is 6.92 Å². The number of aliphatic hydroxyl groups excluding tert-OH is 1. The Balaban J connectivity index is 2.21. The number of β-lactam (4-membered cyclic amide) rings is 1. The maximum Gasteiger partial charge on any atom is 0.353 e. The number of nitrogens with two attached hydrogens (primary N) is 1. The highest BCUT2D eigenvalue weighted by molar-refractivity contribution is 8.03. The third-order valence-electron chi connectivity index (χ3n) is 3.28. The molecular formula is C11H16N2O4S. The molecule has 1 saturated heterocycles. The summed E-state index contributed by atoms with van der Waals surface area (Å²) >= 11 is 1.38. The van der Waals surface area contributed by atoms with E-state index in [9.17, 15) is 19.8 Å². The van der Waals surface area contributed by atoms with Crippen molar-refractivity contribution < 1.29 is 19.8 Å². The van der Waals surface area contributed by atoms with E-state index in [4.69, 9.17) is 5.73 Å². The van der Waals surface area contributed by atoms with Gasteiger partial charge in [-0.15, -0.1) is 11.8 Å². The lowest BCUT2D eigenvalue weighted by molar-refractivity contribution is -0.161. The number of aliphatic carboxylic acids is 1. The zero-order valence-corrected chi connectivity index (χ0v) is 10.8. The van der Waals surface area contributed by atoms with Gasteiger partial charge in [-0.3, -0.25) is 4.79 Å². The van der Waals surface area contributed by atoms with E-state index >= 15 is 0 Å². The number of thioether (sulfide) groups is 1. The summed E-state index contributed by atoms with van der Waals surface area (Å²) in [5.41, 5.74) is 5.47. The topological polar surface area (TPSA) is 104 Å². The molecule has 100 valence electrons. The van der Waals surface area contributed by atoms with Crippen LogP contribution in [0.25, 0.3) is 0 Å². The largest absolute Gasteiger partial charge is 0.477 e. The molecular weight excluding hydrogens is 256 g/mol. The molecule has 1 amide bonds. The Bertz CT molecular complexity index is 421. The number of hydrogen-bond donors (Lipinski definition) is 3. The molecule has 6 nitrogen and oxygen atoms in total. The molecule has 0 saturated carbocycles. The van der Waals surface area contributed by atoms with Gasteiger partial charge in [-0.1, -0.05) is 0 Å². The Morgan fingerprint density at radius 1 is 1.67 bits per heavy atom. The first-order valence-electron chi connectivity index (χ1n) is 5.79. The number of rotatable bonds is 5. The number of aliphatic hydroxyl groups is 1. The molecule has 1 fully saturated rings. The zero-order chi connectivity index (χ0) is 13.4. The monoisotopic (exact) mass is 272 g/mol. The number of hydrogen-bond acceptors (Lipinski definition) is 5. The van der Waals surface area contributed by atoms with Crippen LogP contribution in [0.2, 0.25) is 0 Å². The van der Waals surface area contributed by atoms with Gasteiger partial charge in [0.1, 0.15) is 5.70 Å². The molecule has 7 heteroatoms. The zero-order valence-electron chi connectivity index (χ0n) is 10.00. The minimum Gasteiger partial charge on any atom is -0.477 e. The van der Waals surface area contributed by atoms with E-state index in [2.05, 4.69) is 0 Å². The molecule has 0 aliphatic carbocycles. The first kappa shape index (κ1) is 13.4. The van der Waals surface area contributed by atoms with E-state index in [0.717, 1.165) is 0 Å². The predicted molar refractivity (Wildman–Crippen MR) is 66.6 cm³/mol. The first-order chi connectivity index (χ1) is 8.49. The van der Waals surface area contributed by atoms with E-state index in [1.54, 1.807) is 6.92 Å². The maximum absolute atomic E-state index is 11.9. The predicted octanol–water partition coefficient (Wildman–Crippen LogP) is -0.414. The van der Waals surface area contributed by atoms with Gasteiger partial charge in [0, 0.05) is 23.6 Å². The Hall–Kier alpha value is -1.05. The van der Waals surface area contributed by atoms with Crippen molar-refractivity contribution in [1.29, 1.82) is 0 Å². The second-order valence-corrected chi connectivity index (χ2v) is 5.65. The van der Waals surface area contributed by atoms with Crippen molar-refractivity contribution in [3.8, 4) is 0 Å². The van der Waals surface area contributed by atoms with Gasteiger partial charge in [0.25, 0.3) is 0 Å². The second kappa shape index (κ2) is 4.91. The van der Waals surface area contributed by atoms with Crippen LogP contribution in [0.4, 0.5) is 0 Å². The van der Waals surface area contributed by atoms with E-state index in [1.807, 2.05) is 0 Å². The number of amides is 1. The normalized spacial score (nSPS) is 28.2. The highest BCUT2D eigenvalue weighted by atomic mass is 32.2. The van der Waals surface area contributed by atoms with Crippen molar-refractivity contribution in [2.24, 2.45) is 11.7 Å². The lowest BCUT2D eigenvalue weighted by Crippen LogP contribution is -2.61. The van der Waals surface area contributed by atoms with E-state index < -0.39 is 18.0 Å². The average Bonchev–Trinajstić information content (AvgIpc) is 2.60. The van der Waals surface area contributed by atoms with Gasteiger partial charge in [0.05, 0.1) is 18.1 Å². The van der Waals surface area contributed by atoms with Crippen LogP contribution in [-0.2, 0) is 9.59 Å². The number of carbonyl (C=O) groups is 2. The number of nitrogens with zero attached hydrogens (tertiary/aromatic N) is 1. The molecule has 3 unspecified atom stereocenters. The van der Waals surface area contributed by atoms with Crippen LogP contribution in [0.3, 0.4) is 0 Å². The Morgan fingerprint density at radius 2 is 2.33 bits per heavy atom. The average molecular weight is 272 g/mol. The maximum atomic E-state index is 11.9. The van der Waals surface area contributed by atoms with Crippen LogP contribution in [0.5, 0.6) is 0 Å². The van der Waals surface area contributed by atoms with Crippen molar-refractivity contribution in [2.75, 3.05) is 12.3 Å². The molecule has 3 atom stereocenters. The molecule has 0 radical (unpaired) electrons. The molecule has 4 N–H and O–H groups in total. The van der Waals surface area contributed by atoms with Crippen LogP contribution in [-0.4, -0.2) is 51.4 Å². The molecule has 18 heavy (non-hydrogen) atoms. The second-order valence-electron chi connectivity index (χ2n) is 4.46. The summed E-state index contributed by atoms with van der Waals surface area (Å²) in [6.07, 6.45) is -0.235. The third-order valence-corrected chi connectivity index (χ3v) is 4.43. The molecule has 2 rings (SSSR count). The summed E-state index contributed by atoms with van der Waals surface area (Å²) < 4.78 is 0. The minimum atomic E-state index is -1.09. The van der Waals surface area contributed by atoms with Crippen LogP contribution in [0.15, 0.2) is 10.6 Å². The fraction of sp³-hybridized carbons (Fsp3) is 0.636. The Morgan fingerprint density at radius 3 is 2.83 bits per heavy atom. The van der Waals surface area contributed by atoms with Crippen molar-refractivity contribution >= 4 is 23.6 Å². The van der Waals surface area contributed by atoms with Crippen LogP contribution < -0.4 is 5.73 Å². The van der Waals surface area contributed by atoms with Gasteiger partial charge >= 0.3 is 5.97 Å². The van der Waals surface area contributed by atoms with E-state index in [-0.39, 0.29) is 17.6 Å². The summed E-state index contributed by atoms with van der Waals surface area (Å²) in [7, 11) is 0. The van der Waals surface area contributed by atoms with Gasteiger partial charge < -0.3 is 20.8 Å². The van der Waals surface area contributed by atoms with Crippen LogP contribution >= 0.6 is 11.8 Å². The van der Waals surface area contributed by atoms with Crippen molar-refractivity contribution in [2.45, 2.75) is 25.5 Å². The van der Waals surface area contributed by atoms with E-state index in [0.29, 0.717) is 23.6 Å². The summed E-state index contributed by atoms with van der Waals surface area (Å²) in [6.45, 7) is 2.02. The van der Waals surface area contributed by atoms with Gasteiger partial charge in [0.15, 0.2) is 0 Å². The smallest absolute Gasteiger partial charge is 0.353 e. The lowest BCUT2D eigenvalue weighted by atomic mass is 9.83. The molecule has 0 spiro atoms. The fourth-order valence-corrected chi connectivity index (χ4v) is 3.52. The molecule has 2 aliphatic rings. The van der Waals surface area contributed by atoms with Crippen molar-refractivity contribution in [3.05, 3.63) is 10.6 Å². The number of carboxylic acids is 1. The number of carbonyl (C=O) groups excluding carboxylic acids is 1. The number of carboxylic acid groups (broad SMARTS) is 1. The molecule has 0 aromatic heterocycles. The Kier molecular flexibility index (Phi) is 3.65. The highest BCUT2D eigenvalue weighted by Crippen LogP contribution is 2.46. The first-order valence-corrected chi connectivity index (χ1v) is 6.78. The summed E-state index contributed by atoms with van der Waals surface area (Å²) in [6, 6.07) is -0.205. The standard InChI is InChI=1S/C11H16N2O4S/c1-5(14)8-6-4-7(18-3-2-12)9(11(16)17)13(6)10(8)15/h5-6,8,14H,2-4,12H2,1H3,(H,16,17). The molecule has 0 aromatic carbocycles. The quantitative estimate of drug-likeness (QED) is 0.588. The van der Waals surface area contributed by atoms with Crippen molar-refractivity contribution in [3.63, 3.8) is 0 Å². The van der Waals surface area contributed by atoms with Gasteiger partial charge in [-0.25, -0.2) is 4.79 Å². The molecule has 0 bridgehead atoms. The Labute approximate surface area is 109 Å². The van der Waals surface area contributed by atoms with Crippen LogP contribution in [0, 0.1) is 5.92 Å². The lowest BCUT2D eigenvalue weighted by Gasteiger charge is -2.44. The minimum absolute atomic E-state index is 0.0698. The summed E-state index contributed by atoms with van der Waals surface area (Å²) in [4.78, 5) is 25.1. The fourth-order valence-electron chi connectivity index (χ4n) is 2.54. The summed E-state index contributed by atoms with van der Waals surface area (Å²) in [5, 5.41) is 18.7. The SMILES string of the molecule is CC(O)C1C(=O)N2C(C(=O)O)=C(SCCN)CC12. The third kappa shape index (κ3) is 1.92. The highest BCUT2D eigenvalue weighted by Gasteiger charge is 2.56. The molecule has 0 aromatic rings.